The summed E-state index contributed by atoms with van der Waals surface area (Å²) in [5.41, 5.74) is 13.1. The van der Waals surface area contributed by atoms with E-state index in [4.69, 9.17) is 28.4 Å². The number of carbonyl (C=O) groups excluding carboxylic acids is 1. The predicted octanol–water partition coefficient (Wildman–Crippen LogP) is 0.783. The number of ether oxygens (including phenoxy) is 1. The van der Waals surface area contributed by atoms with Gasteiger partial charge < -0.3 is 21.5 Å². The third-order valence-electron chi connectivity index (χ3n) is 2.83. The number of nitrogens with two attached hydrogens (primary N) is 2. The van der Waals surface area contributed by atoms with E-state index < -0.39 is 5.91 Å². The zero-order valence-electron chi connectivity index (χ0n) is 11.3. The summed E-state index contributed by atoms with van der Waals surface area (Å²) in [5.74, 6) is -0.492. The van der Waals surface area contributed by atoms with Gasteiger partial charge in [0.05, 0.1) is 23.4 Å². The molecule has 1 aromatic carbocycles. The van der Waals surface area contributed by atoms with Gasteiger partial charge in [0, 0.05) is 18.1 Å². The van der Waals surface area contributed by atoms with Gasteiger partial charge in [-0.05, 0) is 6.07 Å². The molecule has 2 rings (SSSR count). The Morgan fingerprint density at radius 2 is 2.10 bits per heavy atom. The lowest BCUT2D eigenvalue weighted by Crippen LogP contribution is -2.21. The number of para-hydroxylation sites is 1. The van der Waals surface area contributed by atoms with Crippen LogP contribution in [0.2, 0.25) is 0 Å². The van der Waals surface area contributed by atoms with Crippen molar-refractivity contribution < 1.29 is 9.53 Å². The first-order chi connectivity index (χ1) is 10.1. The van der Waals surface area contributed by atoms with E-state index in [1.807, 2.05) is 24.3 Å². The zero-order chi connectivity index (χ0) is 15.2. The second-order valence-electron chi connectivity index (χ2n) is 4.37. The summed E-state index contributed by atoms with van der Waals surface area (Å²) in [7, 11) is 0. The maximum atomic E-state index is 10.6. The topological polar surface area (TPSA) is 103 Å². The Balaban J connectivity index is 2.17. The minimum atomic E-state index is -0.492. The lowest BCUT2D eigenvalue weighted by molar-refractivity contribution is -0.122. The van der Waals surface area contributed by atoms with E-state index in [1.165, 1.54) is 0 Å². The number of primary amides is 1. The summed E-state index contributed by atoms with van der Waals surface area (Å²) in [5, 5.41) is 4.16. The van der Waals surface area contributed by atoms with Crippen LogP contribution in [0.4, 0.5) is 5.69 Å². The number of nitrogens with one attached hydrogen (secondary N) is 1. The normalized spacial score (nSPS) is 10.5. The molecular weight excluding hydrogens is 288 g/mol. The van der Waals surface area contributed by atoms with Gasteiger partial charge in [0.15, 0.2) is 0 Å². The van der Waals surface area contributed by atoms with Crippen molar-refractivity contribution in [2.24, 2.45) is 11.5 Å². The summed E-state index contributed by atoms with van der Waals surface area (Å²) in [6.45, 7) is 0.744. The van der Waals surface area contributed by atoms with Crippen LogP contribution in [-0.4, -0.2) is 35.6 Å². The summed E-state index contributed by atoms with van der Waals surface area (Å²) in [6.07, 6.45) is 1.65. The van der Waals surface area contributed by atoms with Crippen molar-refractivity contribution in [2.75, 3.05) is 25.1 Å². The summed E-state index contributed by atoms with van der Waals surface area (Å²) in [4.78, 5) is 15.2. The Hall–Kier alpha value is -2.25. The number of aromatic nitrogens is 1. The van der Waals surface area contributed by atoms with Crippen LogP contribution in [0.25, 0.3) is 10.9 Å². The van der Waals surface area contributed by atoms with Gasteiger partial charge in [-0.2, -0.15) is 0 Å². The SMILES string of the molecule is NC(=O)COCCNc1c(C(N)=S)cnc2ccccc12. The molecule has 5 N–H and O–H groups in total. The van der Waals surface area contributed by atoms with Crippen molar-refractivity contribution in [3.05, 3.63) is 36.0 Å². The monoisotopic (exact) mass is 304 g/mol. The molecule has 21 heavy (non-hydrogen) atoms. The van der Waals surface area contributed by atoms with Gasteiger partial charge in [0.1, 0.15) is 11.6 Å². The first-order valence-electron chi connectivity index (χ1n) is 6.37. The lowest BCUT2D eigenvalue weighted by Gasteiger charge is -2.13. The lowest BCUT2D eigenvalue weighted by atomic mass is 10.1. The summed E-state index contributed by atoms with van der Waals surface area (Å²) in [6, 6.07) is 7.68. The highest BCUT2D eigenvalue weighted by Gasteiger charge is 2.10. The highest BCUT2D eigenvalue weighted by Crippen LogP contribution is 2.25. The molecule has 0 saturated carbocycles. The fraction of sp³-hybridized carbons (Fsp3) is 0.214. The van der Waals surface area contributed by atoms with Crippen molar-refractivity contribution in [1.29, 1.82) is 0 Å². The number of hydrogen-bond donors (Lipinski definition) is 3. The number of rotatable bonds is 7. The highest BCUT2D eigenvalue weighted by molar-refractivity contribution is 7.80. The van der Waals surface area contributed by atoms with Crippen molar-refractivity contribution >= 4 is 39.7 Å². The molecule has 1 amide bonds. The number of anilines is 1. The van der Waals surface area contributed by atoms with Crippen molar-refractivity contribution in [2.45, 2.75) is 0 Å². The molecule has 0 saturated heterocycles. The first kappa shape index (κ1) is 15.1. The van der Waals surface area contributed by atoms with Gasteiger partial charge in [-0.1, -0.05) is 30.4 Å². The number of carbonyl (C=O) groups is 1. The zero-order valence-corrected chi connectivity index (χ0v) is 12.2. The maximum absolute atomic E-state index is 10.6. The standard InChI is InChI=1S/C14H16N4O2S/c15-12(19)8-20-6-5-17-13-9-3-1-2-4-11(9)18-7-10(13)14(16)21/h1-4,7H,5-6,8H2,(H2,15,19)(H2,16,21)(H,17,18). The molecule has 0 spiro atoms. The Bertz CT molecular complexity index is 675. The Labute approximate surface area is 127 Å². The number of hydrogen-bond acceptors (Lipinski definition) is 5. The van der Waals surface area contributed by atoms with Crippen LogP contribution >= 0.6 is 12.2 Å². The Morgan fingerprint density at radius 3 is 2.81 bits per heavy atom. The number of thiocarbonyl (C=S) groups is 1. The summed E-state index contributed by atoms with van der Waals surface area (Å²) >= 11 is 5.05. The average molecular weight is 304 g/mol. The molecule has 1 heterocycles. The third kappa shape index (κ3) is 3.87. The number of pyridine rings is 1. The van der Waals surface area contributed by atoms with E-state index in [9.17, 15) is 4.79 Å². The van der Waals surface area contributed by atoms with Gasteiger partial charge in [0.25, 0.3) is 0 Å². The van der Waals surface area contributed by atoms with E-state index in [0.717, 1.165) is 16.6 Å². The number of nitrogens with zero attached hydrogens (tertiary/aromatic N) is 1. The molecular formula is C14H16N4O2S. The Morgan fingerprint density at radius 1 is 1.33 bits per heavy atom. The smallest absolute Gasteiger partial charge is 0.243 e. The van der Waals surface area contributed by atoms with Gasteiger partial charge >= 0.3 is 0 Å². The molecule has 0 fully saturated rings. The molecule has 7 heteroatoms. The molecule has 0 radical (unpaired) electrons. The van der Waals surface area contributed by atoms with Gasteiger partial charge in [-0.25, -0.2) is 0 Å². The van der Waals surface area contributed by atoms with E-state index in [2.05, 4.69) is 10.3 Å². The van der Waals surface area contributed by atoms with Crippen molar-refractivity contribution in [1.82, 2.24) is 4.98 Å². The predicted molar refractivity (Wildman–Crippen MR) is 86.1 cm³/mol. The number of fused-ring (bicyclic) bond motifs is 1. The van der Waals surface area contributed by atoms with E-state index in [-0.39, 0.29) is 11.6 Å². The van der Waals surface area contributed by atoms with E-state index >= 15 is 0 Å². The van der Waals surface area contributed by atoms with Crippen LogP contribution < -0.4 is 16.8 Å². The van der Waals surface area contributed by atoms with Crippen LogP contribution in [0.5, 0.6) is 0 Å². The molecule has 0 aliphatic heterocycles. The fourth-order valence-corrected chi connectivity index (χ4v) is 2.09. The highest BCUT2D eigenvalue weighted by atomic mass is 32.1. The maximum Gasteiger partial charge on any atom is 0.243 e. The van der Waals surface area contributed by atoms with Crippen LogP contribution in [0, 0.1) is 0 Å². The second-order valence-corrected chi connectivity index (χ2v) is 4.81. The molecule has 0 unspecified atom stereocenters. The van der Waals surface area contributed by atoms with E-state index in [1.54, 1.807) is 6.20 Å². The molecule has 0 aliphatic rings. The quantitative estimate of drug-likeness (QED) is 0.516. The van der Waals surface area contributed by atoms with Gasteiger partial charge in [-0.3, -0.25) is 9.78 Å². The van der Waals surface area contributed by atoms with E-state index in [0.29, 0.717) is 18.7 Å². The Kier molecular flexibility index (Phi) is 5.02. The second kappa shape index (κ2) is 6.96. The molecule has 1 aromatic heterocycles. The molecule has 110 valence electrons. The molecule has 2 aromatic rings. The molecule has 6 nitrogen and oxygen atoms in total. The van der Waals surface area contributed by atoms with Crippen molar-refractivity contribution in [3.8, 4) is 0 Å². The van der Waals surface area contributed by atoms with Gasteiger partial charge in [-0.15, -0.1) is 0 Å². The third-order valence-corrected chi connectivity index (χ3v) is 3.05. The average Bonchev–Trinajstić information content (AvgIpc) is 2.46. The summed E-state index contributed by atoms with van der Waals surface area (Å²) < 4.78 is 5.11. The molecule has 0 aliphatic carbocycles. The number of benzene rings is 1. The van der Waals surface area contributed by atoms with Crippen molar-refractivity contribution in [3.63, 3.8) is 0 Å². The fourth-order valence-electron chi connectivity index (χ4n) is 1.94. The van der Waals surface area contributed by atoms with Crippen LogP contribution in [0.15, 0.2) is 30.5 Å². The van der Waals surface area contributed by atoms with Crippen LogP contribution in [-0.2, 0) is 9.53 Å². The molecule has 0 bridgehead atoms. The van der Waals surface area contributed by atoms with Gasteiger partial charge in [0.2, 0.25) is 5.91 Å². The molecule has 0 atom stereocenters. The minimum Gasteiger partial charge on any atom is -0.389 e. The first-order valence-corrected chi connectivity index (χ1v) is 6.78. The minimum absolute atomic E-state index is 0.0963. The van der Waals surface area contributed by atoms with Crippen LogP contribution in [0.3, 0.4) is 0 Å². The largest absolute Gasteiger partial charge is 0.389 e. The number of amides is 1. The van der Waals surface area contributed by atoms with Crippen LogP contribution in [0.1, 0.15) is 5.56 Å².